The molecule has 0 unspecified atom stereocenters. The number of H-pyrrole nitrogens is 1. The highest BCUT2D eigenvalue weighted by Crippen LogP contribution is 2.27. The summed E-state index contributed by atoms with van der Waals surface area (Å²) in [6, 6.07) is 5.95. The Morgan fingerprint density at radius 2 is 2.04 bits per heavy atom. The second-order valence-electron chi connectivity index (χ2n) is 5.67. The van der Waals surface area contributed by atoms with E-state index in [9.17, 15) is 9.59 Å². The van der Waals surface area contributed by atoms with Crippen LogP contribution in [0.15, 0.2) is 29.3 Å². The van der Waals surface area contributed by atoms with Crippen LogP contribution in [-0.2, 0) is 12.8 Å². The summed E-state index contributed by atoms with van der Waals surface area (Å²) in [5.74, 6) is -0.694. The average Bonchev–Trinajstić information content (AvgIpc) is 2.89. The molecule has 2 heterocycles. The van der Waals surface area contributed by atoms with Crippen LogP contribution in [-0.4, -0.2) is 25.4 Å². The molecule has 116 valence electrons. The summed E-state index contributed by atoms with van der Waals surface area (Å²) >= 11 is 0. The van der Waals surface area contributed by atoms with Gasteiger partial charge < -0.3 is 10.7 Å². The summed E-state index contributed by atoms with van der Waals surface area (Å²) in [5.41, 5.74) is 8.90. The quantitative estimate of drug-likeness (QED) is 0.738. The summed E-state index contributed by atoms with van der Waals surface area (Å²) in [6.45, 7) is 0. The number of aromatic nitrogens is 4. The lowest BCUT2D eigenvalue weighted by Gasteiger charge is -2.19. The van der Waals surface area contributed by atoms with Crippen molar-refractivity contribution in [2.24, 2.45) is 5.73 Å². The maximum absolute atomic E-state index is 12.5. The molecule has 0 radical (unpaired) electrons. The number of fused-ring (bicyclic) bond motifs is 2. The van der Waals surface area contributed by atoms with Crippen LogP contribution in [0.2, 0.25) is 0 Å². The first kappa shape index (κ1) is 13.7. The number of aryl methyl sites for hydroxylation is 1. The Bertz CT molecular complexity index is 986. The summed E-state index contributed by atoms with van der Waals surface area (Å²) in [4.78, 5) is 34.7. The predicted molar refractivity (Wildman–Crippen MR) is 84.6 cm³/mol. The molecule has 1 aliphatic carbocycles. The lowest BCUT2D eigenvalue weighted by atomic mass is 9.90. The molecule has 0 bridgehead atoms. The first-order chi connectivity index (χ1) is 11.2. The zero-order valence-electron chi connectivity index (χ0n) is 12.4. The predicted octanol–water partition coefficient (Wildman–Crippen LogP) is 1.09. The minimum Gasteiger partial charge on any atom is -0.364 e. The van der Waals surface area contributed by atoms with Crippen molar-refractivity contribution in [2.75, 3.05) is 0 Å². The molecule has 0 fully saturated rings. The van der Waals surface area contributed by atoms with Gasteiger partial charge in [-0.3, -0.25) is 4.79 Å². The number of carbonyl (C=O) groups excluding carboxylic acids is 1. The molecule has 1 aliphatic rings. The fourth-order valence-electron chi connectivity index (χ4n) is 3.30. The van der Waals surface area contributed by atoms with Crippen molar-refractivity contribution in [1.82, 2.24) is 19.5 Å². The third kappa shape index (κ3) is 2.04. The zero-order chi connectivity index (χ0) is 16.0. The Kier molecular flexibility index (Phi) is 3.00. The van der Waals surface area contributed by atoms with E-state index in [0.29, 0.717) is 5.65 Å². The Hall–Kier alpha value is -2.96. The van der Waals surface area contributed by atoms with E-state index >= 15 is 0 Å². The number of nitrogens with two attached hydrogens (primary N) is 1. The van der Waals surface area contributed by atoms with E-state index in [2.05, 4.69) is 21.0 Å². The molecule has 0 atom stereocenters. The van der Waals surface area contributed by atoms with Gasteiger partial charge in [0.15, 0.2) is 11.3 Å². The number of nitrogens with one attached hydrogen (secondary N) is 1. The van der Waals surface area contributed by atoms with Crippen molar-refractivity contribution < 1.29 is 4.79 Å². The molecule has 0 saturated carbocycles. The van der Waals surface area contributed by atoms with Crippen LogP contribution in [0.5, 0.6) is 0 Å². The van der Waals surface area contributed by atoms with Gasteiger partial charge in [0.05, 0.1) is 5.69 Å². The molecule has 2 aromatic heterocycles. The van der Waals surface area contributed by atoms with Crippen molar-refractivity contribution in [3.8, 4) is 5.69 Å². The van der Waals surface area contributed by atoms with Crippen LogP contribution in [0, 0.1) is 0 Å². The van der Waals surface area contributed by atoms with Crippen molar-refractivity contribution in [3.05, 3.63) is 51.8 Å². The van der Waals surface area contributed by atoms with Gasteiger partial charge in [-0.15, -0.1) is 0 Å². The highest BCUT2D eigenvalue weighted by Gasteiger charge is 2.20. The van der Waals surface area contributed by atoms with Gasteiger partial charge in [-0.25, -0.2) is 19.3 Å². The van der Waals surface area contributed by atoms with E-state index in [0.717, 1.165) is 31.4 Å². The molecule has 23 heavy (non-hydrogen) atoms. The van der Waals surface area contributed by atoms with Gasteiger partial charge in [-0.1, -0.05) is 12.1 Å². The van der Waals surface area contributed by atoms with E-state index in [1.807, 2.05) is 12.1 Å². The number of hydrogen-bond donors (Lipinski definition) is 2. The fraction of sp³-hybridized carbons (Fsp3) is 0.250. The Balaban J connectivity index is 2.04. The maximum Gasteiger partial charge on any atom is 0.332 e. The first-order valence-electron chi connectivity index (χ1n) is 7.53. The second kappa shape index (κ2) is 5.05. The molecule has 3 aromatic rings. The molecule has 0 aliphatic heterocycles. The lowest BCUT2D eigenvalue weighted by molar-refractivity contribution is 0.0997. The molecule has 1 aromatic carbocycles. The van der Waals surface area contributed by atoms with E-state index in [1.54, 1.807) is 0 Å². The van der Waals surface area contributed by atoms with Gasteiger partial charge in [0.25, 0.3) is 5.91 Å². The molecular weight excluding hydrogens is 294 g/mol. The maximum atomic E-state index is 12.5. The summed E-state index contributed by atoms with van der Waals surface area (Å²) < 4.78 is 1.51. The van der Waals surface area contributed by atoms with Gasteiger partial charge in [0, 0.05) is 0 Å². The Morgan fingerprint density at radius 3 is 2.87 bits per heavy atom. The molecule has 0 saturated heterocycles. The monoisotopic (exact) mass is 309 g/mol. The van der Waals surface area contributed by atoms with E-state index in [1.165, 1.54) is 22.0 Å². The van der Waals surface area contributed by atoms with Crippen LogP contribution < -0.4 is 11.4 Å². The Labute approximate surface area is 131 Å². The van der Waals surface area contributed by atoms with Gasteiger partial charge in [0.2, 0.25) is 0 Å². The van der Waals surface area contributed by atoms with Gasteiger partial charge in [-0.2, -0.15) is 0 Å². The van der Waals surface area contributed by atoms with Crippen LogP contribution in [0.25, 0.3) is 16.9 Å². The smallest absolute Gasteiger partial charge is 0.332 e. The fourth-order valence-corrected chi connectivity index (χ4v) is 3.30. The minimum absolute atomic E-state index is 0.0237. The number of benzene rings is 1. The molecule has 1 amide bonds. The number of imidazole rings is 1. The topological polar surface area (TPSA) is 107 Å². The van der Waals surface area contributed by atoms with Gasteiger partial charge in [-0.05, 0) is 42.9 Å². The summed E-state index contributed by atoms with van der Waals surface area (Å²) in [6.07, 6.45) is 5.46. The lowest BCUT2D eigenvalue weighted by Crippen LogP contribution is -2.18. The van der Waals surface area contributed by atoms with Gasteiger partial charge >= 0.3 is 5.69 Å². The third-order valence-corrected chi connectivity index (χ3v) is 4.32. The third-order valence-electron chi connectivity index (χ3n) is 4.32. The van der Waals surface area contributed by atoms with Crippen molar-refractivity contribution in [3.63, 3.8) is 0 Å². The molecule has 0 spiro atoms. The molecule has 4 rings (SSSR count). The minimum atomic E-state index is -0.694. The largest absolute Gasteiger partial charge is 0.364 e. The zero-order valence-corrected chi connectivity index (χ0v) is 12.4. The standard InChI is InChI=1S/C16H15N5O2/c17-14(22)12-13-15(19-8-18-12)21(16(23)20-13)11-7-3-5-9-4-1-2-6-10(9)11/h3,5,7-8H,1-2,4,6H2,(H2,17,22)(H,20,23). The number of rotatable bonds is 2. The number of nitrogens with zero attached hydrogens (tertiary/aromatic N) is 3. The first-order valence-corrected chi connectivity index (χ1v) is 7.53. The average molecular weight is 309 g/mol. The molecule has 7 nitrogen and oxygen atoms in total. The summed E-state index contributed by atoms with van der Waals surface area (Å²) in [5, 5.41) is 0. The van der Waals surface area contributed by atoms with E-state index < -0.39 is 5.91 Å². The second-order valence-corrected chi connectivity index (χ2v) is 5.67. The highest BCUT2D eigenvalue weighted by molar-refractivity contribution is 6.01. The van der Waals surface area contributed by atoms with Crippen LogP contribution in [0.4, 0.5) is 0 Å². The number of primary amides is 1. The number of carbonyl (C=O) groups is 1. The van der Waals surface area contributed by atoms with Gasteiger partial charge in [0.1, 0.15) is 11.8 Å². The van der Waals surface area contributed by atoms with Crippen LogP contribution in [0.3, 0.4) is 0 Å². The number of amides is 1. The van der Waals surface area contributed by atoms with Crippen molar-refractivity contribution >= 4 is 17.1 Å². The SMILES string of the molecule is NC(=O)c1ncnc2c1[nH]c(=O)n2-c1cccc2c1CCCC2. The summed E-state index contributed by atoms with van der Waals surface area (Å²) in [7, 11) is 0. The number of hydrogen-bond acceptors (Lipinski definition) is 4. The Morgan fingerprint density at radius 1 is 1.22 bits per heavy atom. The van der Waals surface area contributed by atoms with Crippen molar-refractivity contribution in [2.45, 2.75) is 25.7 Å². The van der Waals surface area contributed by atoms with Crippen molar-refractivity contribution in [1.29, 1.82) is 0 Å². The highest BCUT2D eigenvalue weighted by atomic mass is 16.2. The molecular formula is C16H15N5O2. The number of aromatic amines is 1. The van der Waals surface area contributed by atoms with E-state index in [4.69, 9.17) is 5.73 Å². The van der Waals surface area contributed by atoms with E-state index in [-0.39, 0.29) is 16.9 Å². The molecule has 3 N–H and O–H groups in total. The molecule has 7 heteroatoms. The normalized spacial score (nSPS) is 13.9. The van der Waals surface area contributed by atoms with Crippen LogP contribution in [0.1, 0.15) is 34.5 Å². The van der Waals surface area contributed by atoms with Crippen LogP contribution >= 0.6 is 0 Å².